The van der Waals surface area contributed by atoms with E-state index in [0.29, 0.717) is 5.92 Å². The fraction of sp³-hybridized carbons (Fsp3) is 0.600. The van der Waals surface area contributed by atoms with Crippen LogP contribution in [0.3, 0.4) is 0 Å². The third kappa shape index (κ3) is 1.62. The number of nitrogens with one attached hydrogen (secondary N) is 1. The number of aliphatic hydroxyl groups is 1. The van der Waals surface area contributed by atoms with Crippen molar-refractivity contribution < 1.29 is 5.11 Å². The van der Waals surface area contributed by atoms with Gasteiger partial charge >= 0.3 is 0 Å². The van der Waals surface area contributed by atoms with Gasteiger partial charge in [-0.15, -0.1) is 0 Å². The van der Waals surface area contributed by atoms with E-state index in [9.17, 15) is 5.11 Å². The van der Waals surface area contributed by atoms with Crippen molar-refractivity contribution in [3.63, 3.8) is 0 Å². The quantitative estimate of drug-likeness (QED) is 0.820. The zero-order chi connectivity index (χ0) is 11.9. The molecular weight excluding hydrogens is 210 g/mol. The zero-order valence-electron chi connectivity index (χ0n) is 10.4. The summed E-state index contributed by atoms with van der Waals surface area (Å²) in [5, 5.41) is 14.6. The highest BCUT2D eigenvalue weighted by Gasteiger charge is 2.48. The molecule has 17 heavy (non-hydrogen) atoms. The standard InChI is InChI=1S/C15H21NO/c1-2-12-7-5-9-15(12,17)14-13-8-4-3-6-11(13)10-16-14/h3-4,6,8,12,14,16-17H,2,5,7,9-10H2,1H3. The smallest absolute Gasteiger partial charge is 0.0869 e. The van der Waals surface area contributed by atoms with Crippen LogP contribution < -0.4 is 5.32 Å². The average Bonchev–Trinajstić information content (AvgIpc) is 2.93. The van der Waals surface area contributed by atoms with Crippen molar-refractivity contribution in [1.82, 2.24) is 5.32 Å². The Morgan fingerprint density at radius 3 is 3.06 bits per heavy atom. The van der Waals surface area contributed by atoms with Crippen LogP contribution in [0.1, 0.15) is 49.8 Å². The first kappa shape index (κ1) is 11.2. The Labute approximate surface area is 103 Å². The molecule has 2 nitrogen and oxygen atoms in total. The number of hydrogen-bond donors (Lipinski definition) is 2. The van der Waals surface area contributed by atoms with Crippen LogP contribution in [0.5, 0.6) is 0 Å². The van der Waals surface area contributed by atoms with Crippen LogP contribution in [-0.2, 0) is 6.54 Å². The fourth-order valence-corrected chi connectivity index (χ4v) is 3.77. The highest BCUT2D eigenvalue weighted by atomic mass is 16.3. The average molecular weight is 231 g/mol. The van der Waals surface area contributed by atoms with Gasteiger partial charge in [-0.1, -0.05) is 44.0 Å². The van der Waals surface area contributed by atoms with E-state index < -0.39 is 5.60 Å². The Kier molecular flexibility index (Phi) is 2.72. The molecule has 2 heteroatoms. The molecule has 0 amide bonds. The van der Waals surface area contributed by atoms with Crippen molar-refractivity contribution in [2.75, 3.05) is 0 Å². The number of rotatable bonds is 2. The summed E-state index contributed by atoms with van der Waals surface area (Å²) in [6.45, 7) is 3.10. The van der Waals surface area contributed by atoms with Gasteiger partial charge in [-0.3, -0.25) is 0 Å². The second kappa shape index (κ2) is 4.11. The predicted octanol–water partition coefficient (Wildman–Crippen LogP) is 2.77. The maximum Gasteiger partial charge on any atom is 0.0869 e. The van der Waals surface area contributed by atoms with Crippen LogP contribution in [0.15, 0.2) is 24.3 Å². The number of hydrogen-bond acceptors (Lipinski definition) is 2. The molecule has 0 radical (unpaired) electrons. The van der Waals surface area contributed by atoms with E-state index >= 15 is 0 Å². The maximum absolute atomic E-state index is 11.0. The first-order valence-electron chi connectivity index (χ1n) is 6.79. The van der Waals surface area contributed by atoms with Gasteiger partial charge in [0, 0.05) is 6.54 Å². The molecule has 1 aliphatic carbocycles. The Balaban J connectivity index is 1.96. The molecule has 1 saturated carbocycles. The first-order valence-corrected chi connectivity index (χ1v) is 6.79. The van der Waals surface area contributed by atoms with Crippen molar-refractivity contribution in [2.24, 2.45) is 5.92 Å². The van der Waals surface area contributed by atoms with Crippen molar-refractivity contribution in [1.29, 1.82) is 0 Å². The molecule has 1 aromatic carbocycles. The lowest BCUT2D eigenvalue weighted by molar-refractivity contribution is -0.0322. The summed E-state index contributed by atoms with van der Waals surface area (Å²) in [5.74, 6) is 0.450. The second-order valence-electron chi connectivity index (χ2n) is 5.50. The summed E-state index contributed by atoms with van der Waals surface area (Å²) in [6, 6.07) is 8.65. The molecule has 0 spiro atoms. The first-order chi connectivity index (χ1) is 8.25. The molecule has 1 aliphatic heterocycles. The van der Waals surface area contributed by atoms with Gasteiger partial charge in [-0.05, 0) is 29.9 Å². The van der Waals surface area contributed by atoms with E-state index in [2.05, 4.69) is 36.5 Å². The molecule has 2 N–H and O–H groups in total. The van der Waals surface area contributed by atoms with E-state index in [1.165, 1.54) is 17.5 Å². The minimum Gasteiger partial charge on any atom is -0.388 e. The maximum atomic E-state index is 11.0. The van der Waals surface area contributed by atoms with E-state index in [4.69, 9.17) is 0 Å². The highest BCUT2D eigenvalue weighted by molar-refractivity contribution is 5.36. The largest absolute Gasteiger partial charge is 0.388 e. The second-order valence-corrected chi connectivity index (χ2v) is 5.50. The van der Waals surface area contributed by atoms with Crippen LogP contribution in [-0.4, -0.2) is 10.7 Å². The Morgan fingerprint density at radius 1 is 1.41 bits per heavy atom. The molecule has 92 valence electrons. The number of fused-ring (bicyclic) bond motifs is 1. The Morgan fingerprint density at radius 2 is 2.24 bits per heavy atom. The lowest BCUT2D eigenvalue weighted by Gasteiger charge is -2.36. The monoisotopic (exact) mass is 231 g/mol. The van der Waals surface area contributed by atoms with Gasteiger partial charge < -0.3 is 10.4 Å². The van der Waals surface area contributed by atoms with E-state index in [1.54, 1.807) is 0 Å². The Hall–Kier alpha value is -0.860. The van der Waals surface area contributed by atoms with Crippen molar-refractivity contribution in [3.05, 3.63) is 35.4 Å². The van der Waals surface area contributed by atoms with Gasteiger partial charge in [0.1, 0.15) is 0 Å². The molecule has 0 saturated heterocycles. The van der Waals surface area contributed by atoms with E-state index in [0.717, 1.165) is 25.8 Å². The molecule has 3 unspecified atom stereocenters. The molecule has 1 aromatic rings. The molecule has 0 aromatic heterocycles. The molecule has 3 atom stereocenters. The van der Waals surface area contributed by atoms with Crippen molar-refractivity contribution >= 4 is 0 Å². The van der Waals surface area contributed by atoms with Gasteiger partial charge in [-0.2, -0.15) is 0 Å². The third-order valence-corrected chi connectivity index (χ3v) is 4.69. The molecule has 3 rings (SSSR count). The molecule has 1 heterocycles. The van der Waals surface area contributed by atoms with Gasteiger partial charge in [-0.25, -0.2) is 0 Å². The molecule has 1 fully saturated rings. The summed E-state index contributed by atoms with van der Waals surface area (Å²) in [6.07, 6.45) is 4.36. The van der Waals surface area contributed by atoms with Crippen LogP contribution in [0, 0.1) is 5.92 Å². The predicted molar refractivity (Wildman–Crippen MR) is 68.6 cm³/mol. The summed E-state index contributed by atoms with van der Waals surface area (Å²) < 4.78 is 0. The van der Waals surface area contributed by atoms with E-state index in [-0.39, 0.29) is 6.04 Å². The van der Waals surface area contributed by atoms with Crippen LogP contribution in [0.4, 0.5) is 0 Å². The van der Waals surface area contributed by atoms with Gasteiger partial charge in [0.15, 0.2) is 0 Å². The normalized spacial score (nSPS) is 36.1. The third-order valence-electron chi connectivity index (χ3n) is 4.69. The van der Waals surface area contributed by atoms with Crippen LogP contribution >= 0.6 is 0 Å². The summed E-state index contributed by atoms with van der Waals surface area (Å²) in [5.41, 5.74) is 2.14. The van der Waals surface area contributed by atoms with Crippen molar-refractivity contribution in [3.8, 4) is 0 Å². The lowest BCUT2D eigenvalue weighted by Crippen LogP contribution is -2.44. The number of benzene rings is 1. The van der Waals surface area contributed by atoms with Crippen LogP contribution in [0.25, 0.3) is 0 Å². The van der Waals surface area contributed by atoms with Gasteiger partial charge in [0.05, 0.1) is 11.6 Å². The van der Waals surface area contributed by atoms with Gasteiger partial charge in [0.25, 0.3) is 0 Å². The summed E-state index contributed by atoms with van der Waals surface area (Å²) in [7, 11) is 0. The lowest BCUT2D eigenvalue weighted by atomic mass is 9.79. The molecule has 2 aliphatic rings. The fourth-order valence-electron chi connectivity index (χ4n) is 3.77. The minimum absolute atomic E-state index is 0.145. The summed E-state index contributed by atoms with van der Waals surface area (Å²) >= 11 is 0. The molecule has 0 bridgehead atoms. The zero-order valence-corrected chi connectivity index (χ0v) is 10.4. The SMILES string of the molecule is CCC1CCCC1(O)C1NCc2ccccc21. The van der Waals surface area contributed by atoms with Crippen LogP contribution in [0.2, 0.25) is 0 Å². The molecular formula is C15H21NO. The van der Waals surface area contributed by atoms with Gasteiger partial charge in [0.2, 0.25) is 0 Å². The minimum atomic E-state index is -0.526. The Bertz CT molecular complexity index is 417. The summed E-state index contributed by atoms with van der Waals surface area (Å²) in [4.78, 5) is 0. The van der Waals surface area contributed by atoms with E-state index in [1.807, 2.05) is 0 Å². The van der Waals surface area contributed by atoms with Crippen molar-refractivity contribution in [2.45, 2.75) is 50.8 Å². The highest BCUT2D eigenvalue weighted by Crippen LogP contribution is 2.47. The topological polar surface area (TPSA) is 32.3 Å².